The molecule has 1 saturated heterocycles. The number of anilines is 2. The van der Waals surface area contributed by atoms with Gasteiger partial charge in [0, 0.05) is 35.8 Å². The first kappa shape index (κ1) is 22.7. The van der Waals surface area contributed by atoms with Gasteiger partial charge >= 0.3 is 0 Å². The smallest absolute Gasteiger partial charge is 0.261 e. The number of carbonyl (C=O) groups excluding carboxylic acids is 2. The Morgan fingerprint density at radius 3 is 2.56 bits per heavy atom. The van der Waals surface area contributed by atoms with E-state index in [1.54, 1.807) is 18.2 Å². The molecule has 1 atom stereocenters. The quantitative estimate of drug-likeness (QED) is 0.667. The molecule has 0 saturated carbocycles. The second-order valence-corrected chi connectivity index (χ2v) is 10.8. The van der Waals surface area contributed by atoms with Crippen molar-refractivity contribution in [2.24, 2.45) is 5.92 Å². The summed E-state index contributed by atoms with van der Waals surface area (Å²) >= 11 is 1.46. The van der Waals surface area contributed by atoms with Crippen molar-refractivity contribution in [3.05, 3.63) is 48.0 Å². The molecular formula is C23H27N3O4S2. The fraction of sp³-hybridized carbons (Fsp3) is 0.391. The van der Waals surface area contributed by atoms with E-state index in [0.29, 0.717) is 17.1 Å². The van der Waals surface area contributed by atoms with E-state index in [4.69, 9.17) is 0 Å². The summed E-state index contributed by atoms with van der Waals surface area (Å²) in [5.74, 6) is -0.208. The lowest BCUT2D eigenvalue weighted by Gasteiger charge is -2.18. The van der Waals surface area contributed by atoms with Gasteiger partial charge in [-0.3, -0.25) is 14.3 Å². The predicted octanol–water partition coefficient (Wildman–Crippen LogP) is 3.72. The monoisotopic (exact) mass is 473 g/mol. The molecule has 0 spiro atoms. The fourth-order valence-electron chi connectivity index (χ4n) is 3.88. The van der Waals surface area contributed by atoms with E-state index in [1.807, 2.05) is 24.0 Å². The van der Waals surface area contributed by atoms with Crippen molar-refractivity contribution >= 4 is 45.0 Å². The van der Waals surface area contributed by atoms with Crippen LogP contribution in [0.4, 0.5) is 11.4 Å². The molecule has 2 aliphatic rings. The Morgan fingerprint density at radius 2 is 1.88 bits per heavy atom. The van der Waals surface area contributed by atoms with Crippen LogP contribution in [-0.4, -0.2) is 44.0 Å². The number of carbonyl (C=O) groups is 2. The van der Waals surface area contributed by atoms with E-state index in [2.05, 4.69) is 10.0 Å². The summed E-state index contributed by atoms with van der Waals surface area (Å²) in [4.78, 5) is 28.0. The Kier molecular flexibility index (Phi) is 6.76. The van der Waals surface area contributed by atoms with Crippen molar-refractivity contribution in [1.82, 2.24) is 4.90 Å². The summed E-state index contributed by atoms with van der Waals surface area (Å²) in [6.07, 6.45) is 3.07. The van der Waals surface area contributed by atoms with E-state index in [9.17, 15) is 18.0 Å². The second-order valence-electron chi connectivity index (χ2n) is 8.10. The van der Waals surface area contributed by atoms with Gasteiger partial charge in [0.1, 0.15) is 0 Å². The zero-order valence-corrected chi connectivity index (χ0v) is 19.6. The van der Waals surface area contributed by atoms with Crippen molar-refractivity contribution in [2.45, 2.75) is 42.4 Å². The predicted molar refractivity (Wildman–Crippen MR) is 126 cm³/mol. The van der Waals surface area contributed by atoms with Crippen molar-refractivity contribution in [3.8, 4) is 0 Å². The first-order chi connectivity index (χ1) is 15.4. The van der Waals surface area contributed by atoms with Gasteiger partial charge in [0.15, 0.2) is 0 Å². The number of nitrogens with one attached hydrogen (secondary N) is 2. The maximum absolute atomic E-state index is 12.9. The molecule has 2 amide bonds. The number of fused-ring (bicyclic) bond motifs is 1. The SMILES string of the molecule is CCc1ccc(NS(=O)(=O)c2ccc3c(c2)NC(=O)[C@H](CC(=O)N2CCCC2)CS3)cc1. The Hall–Kier alpha value is -2.52. The van der Waals surface area contributed by atoms with E-state index in [1.165, 1.54) is 23.9 Å². The normalized spacial score (nSPS) is 18.6. The number of aryl methyl sites for hydroxylation is 1. The molecule has 32 heavy (non-hydrogen) atoms. The third kappa shape index (κ3) is 5.10. The zero-order valence-electron chi connectivity index (χ0n) is 18.0. The lowest BCUT2D eigenvalue weighted by atomic mass is 10.1. The molecule has 4 rings (SSSR count). The minimum absolute atomic E-state index is 0.00997. The lowest BCUT2D eigenvalue weighted by molar-refractivity contribution is -0.133. The topological polar surface area (TPSA) is 95.6 Å². The summed E-state index contributed by atoms with van der Waals surface area (Å²) in [5, 5.41) is 2.84. The van der Waals surface area contributed by atoms with Crippen LogP contribution in [0.2, 0.25) is 0 Å². The molecule has 0 bridgehead atoms. The highest BCUT2D eigenvalue weighted by atomic mass is 32.2. The maximum atomic E-state index is 12.9. The molecular weight excluding hydrogens is 446 g/mol. The van der Waals surface area contributed by atoms with Crippen molar-refractivity contribution < 1.29 is 18.0 Å². The van der Waals surface area contributed by atoms with Crippen LogP contribution in [-0.2, 0) is 26.0 Å². The third-order valence-corrected chi connectivity index (χ3v) is 8.44. The number of thioether (sulfide) groups is 1. The molecule has 1 fully saturated rings. The van der Waals surface area contributed by atoms with Crippen LogP contribution in [0.1, 0.15) is 31.7 Å². The van der Waals surface area contributed by atoms with Crippen LogP contribution in [0.15, 0.2) is 52.3 Å². The number of rotatable bonds is 6. The van der Waals surface area contributed by atoms with E-state index < -0.39 is 15.9 Å². The van der Waals surface area contributed by atoms with Gasteiger partial charge in [-0.15, -0.1) is 11.8 Å². The van der Waals surface area contributed by atoms with Gasteiger partial charge in [-0.05, 0) is 55.2 Å². The molecule has 2 aromatic carbocycles. The van der Waals surface area contributed by atoms with Crippen LogP contribution < -0.4 is 10.0 Å². The Bertz CT molecular complexity index is 1110. The van der Waals surface area contributed by atoms with Crippen molar-refractivity contribution in [3.63, 3.8) is 0 Å². The van der Waals surface area contributed by atoms with E-state index in [-0.39, 0.29) is 23.1 Å². The molecule has 170 valence electrons. The standard InChI is InChI=1S/C23H27N3O4S2/c1-2-16-5-7-18(8-6-16)25-32(29,30)19-9-10-21-20(14-19)24-23(28)17(15-31-21)13-22(27)26-11-3-4-12-26/h5-10,14,17,25H,2-4,11-13,15H2,1H3,(H,24,28)/t17-/m1/s1. The zero-order chi connectivity index (χ0) is 22.7. The molecule has 2 heterocycles. The van der Waals surface area contributed by atoms with Gasteiger partial charge in [-0.1, -0.05) is 19.1 Å². The van der Waals surface area contributed by atoms with Crippen LogP contribution in [0.25, 0.3) is 0 Å². The van der Waals surface area contributed by atoms with Crippen LogP contribution in [0.3, 0.4) is 0 Å². The fourth-order valence-corrected chi connectivity index (χ4v) is 6.05. The van der Waals surface area contributed by atoms with Gasteiger partial charge in [-0.25, -0.2) is 8.42 Å². The number of nitrogens with zero attached hydrogens (tertiary/aromatic N) is 1. The van der Waals surface area contributed by atoms with Crippen LogP contribution in [0, 0.1) is 5.92 Å². The number of hydrogen-bond donors (Lipinski definition) is 2. The van der Waals surface area contributed by atoms with Crippen molar-refractivity contribution in [1.29, 1.82) is 0 Å². The summed E-state index contributed by atoms with van der Waals surface area (Å²) in [6.45, 7) is 3.56. The van der Waals surface area contributed by atoms with Crippen LogP contribution in [0.5, 0.6) is 0 Å². The number of likely N-dealkylation sites (tertiary alicyclic amines) is 1. The van der Waals surface area contributed by atoms with Crippen LogP contribution >= 0.6 is 11.8 Å². The summed E-state index contributed by atoms with van der Waals surface area (Å²) in [5.41, 5.74) is 2.06. The van der Waals surface area contributed by atoms with Crippen molar-refractivity contribution in [2.75, 3.05) is 28.9 Å². The molecule has 0 radical (unpaired) electrons. The molecule has 2 aromatic rings. The minimum Gasteiger partial charge on any atom is -0.343 e. The highest BCUT2D eigenvalue weighted by molar-refractivity contribution is 7.99. The summed E-state index contributed by atoms with van der Waals surface area (Å²) in [6, 6.07) is 12.0. The average Bonchev–Trinajstić information content (AvgIpc) is 3.27. The molecule has 9 heteroatoms. The second kappa shape index (κ2) is 9.54. The highest BCUT2D eigenvalue weighted by Gasteiger charge is 2.30. The Morgan fingerprint density at radius 1 is 1.16 bits per heavy atom. The first-order valence-electron chi connectivity index (χ1n) is 10.8. The summed E-state index contributed by atoms with van der Waals surface area (Å²) < 4.78 is 28.4. The molecule has 2 N–H and O–H groups in total. The number of benzene rings is 2. The first-order valence-corrected chi connectivity index (χ1v) is 13.3. The third-order valence-electron chi connectivity index (χ3n) is 5.82. The Balaban J connectivity index is 1.48. The van der Waals surface area contributed by atoms with Gasteiger partial charge < -0.3 is 10.2 Å². The van der Waals surface area contributed by atoms with Gasteiger partial charge in [0.05, 0.1) is 16.5 Å². The van der Waals surface area contributed by atoms with E-state index in [0.717, 1.165) is 42.8 Å². The number of hydrogen-bond acceptors (Lipinski definition) is 5. The number of sulfonamides is 1. The largest absolute Gasteiger partial charge is 0.343 e. The average molecular weight is 474 g/mol. The Labute approximate surface area is 193 Å². The molecule has 0 aromatic heterocycles. The summed E-state index contributed by atoms with van der Waals surface area (Å²) in [7, 11) is -3.81. The maximum Gasteiger partial charge on any atom is 0.261 e. The van der Waals surface area contributed by atoms with Gasteiger partial charge in [0.25, 0.3) is 10.0 Å². The highest BCUT2D eigenvalue weighted by Crippen LogP contribution is 2.35. The van der Waals surface area contributed by atoms with Gasteiger partial charge in [0.2, 0.25) is 11.8 Å². The van der Waals surface area contributed by atoms with Gasteiger partial charge in [-0.2, -0.15) is 0 Å². The minimum atomic E-state index is -3.81. The molecule has 0 aliphatic carbocycles. The molecule has 0 unspecified atom stereocenters. The lowest BCUT2D eigenvalue weighted by Crippen LogP contribution is -2.33. The number of amides is 2. The van der Waals surface area contributed by atoms with E-state index >= 15 is 0 Å². The molecule has 7 nitrogen and oxygen atoms in total. The molecule has 2 aliphatic heterocycles.